The summed E-state index contributed by atoms with van der Waals surface area (Å²) >= 11 is 0. The smallest absolute Gasteiger partial charge is 0.508 e. The Bertz CT molecular complexity index is 630. The van der Waals surface area contributed by atoms with Gasteiger partial charge in [0, 0.05) is 25.2 Å². The van der Waals surface area contributed by atoms with Crippen LogP contribution >= 0.6 is 0 Å². The number of aromatic hydroxyl groups is 1. The first-order valence-corrected chi connectivity index (χ1v) is 6.57. The molecule has 0 aliphatic carbocycles. The van der Waals surface area contributed by atoms with Crippen LogP contribution in [-0.4, -0.2) is 24.0 Å². The molecule has 0 amide bonds. The summed E-state index contributed by atoms with van der Waals surface area (Å²) in [5.41, 5.74) is -0.103. The van der Waals surface area contributed by atoms with Gasteiger partial charge in [0.25, 0.3) is 0 Å². The fourth-order valence-corrected chi connectivity index (χ4v) is 1.89. The third-order valence-electron chi connectivity index (χ3n) is 3.13. The second-order valence-corrected chi connectivity index (χ2v) is 5.49. The van der Waals surface area contributed by atoms with Crippen LogP contribution in [0.15, 0.2) is 48.5 Å². The summed E-state index contributed by atoms with van der Waals surface area (Å²) < 4.78 is 5.62. The molecule has 0 saturated heterocycles. The van der Waals surface area contributed by atoms with Crippen molar-refractivity contribution in [2.75, 3.05) is 0 Å². The Morgan fingerprint density at radius 1 is 1.04 bits per heavy atom. The Labute approximate surface area is 159 Å². The van der Waals surface area contributed by atoms with Crippen molar-refractivity contribution in [3.63, 3.8) is 0 Å². The normalized spacial score (nSPS) is 10.2. The van der Waals surface area contributed by atoms with Gasteiger partial charge in [-0.1, -0.05) is 20.5 Å². The van der Waals surface area contributed by atoms with Gasteiger partial charge in [0.2, 0.25) is 5.54 Å². The minimum absolute atomic E-state index is 0. The van der Waals surface area contributed by atoms with Crippen LogP contribution in [0.4, 0.5) is 0 Å². The molecular formula is C16H21BNNaO4. The van der Waals surface area contributed by atoms with Gasteiger partial charge >= 0.3 is 29.6 Å². The van der Waals surface area contributed by atoms with E-state index < -0.39 is 5.54 Å². The van der Waals surface area contributed by atoms with Gasteiger partial charge in [-0.25, -0.2) is 0 Å². The number of rotatable bonds is 5. The number of phenols is 1. The summed E-state index contributed by atoms with van der Waals surface area (Å²) in [7, 11) is 0. The van der Waals surface area contributed by atoms with E-state index in [0.29, 0.717) is 17.9 Å². The minimum atomic E-state index is -0.987. The molecule has 0 aliphatic rings. The third kappa shape index (κ3) is 6.25. The van der Waals surface area contributed by atoms with E-state index >= 15 is 0 Å². The van der Waals surface area contributed by atoms with Crippen LogP contribution in [0.1, 0.15) is 19.4 Å². The fraction of sp³-hybridized carbons (Fsp3) is 0.250. The van der Waals surface area contributed by atoms with E-state index in [2.05, 4.69) is 0 Å². The van der Waals surface area contributed by atoms with Gasteiger partial charge in [0.05, 0.1) is 0 Å². The van der Waals surface area contributed by atoms with Gasteiger partial charge in [0.15, 0.2) is 0 Å². The quantitative estimate of drug-likeness (QED) is 0.450. The summed E-state index contributed by atoms with van der Waals surface area (Å²) in [5.74, 6) is 1.44. The molecule has 0 heterocycles. The number of hydrogen-bond donors (Lipinski definition) is 1. The Hall–Kier alpha value is -1.50. The molecule has 23 heavy (non-hydrogen) atoms. The van der Waals surface area contributed by atoms with Crippen molar-refractivity contribution in [2.24, 2.45) is 0 Å². The summed E-state index contributed by atoms with van der Waals surface area (Å²) in [5, 5.41) is 20.1. The zero-order valence-corrected chi connectivity index (χ0v) is 14.9. The molecule has 0 saturated carbocycles. The molecule has 2 aromatic carbocycles. The van der Waals surface area contributed by atoms with Crippen LogP contribution in [0.25, 0.3) is 0 Å². The molecule has 1 N–H and O–H groups in total. The topological polar surface area (TPSA) is 72.6 Å². The van der Waals surface area contributed by atoms with Gasteiger partial charge in [-0.05, 0) is 42.0 Å². The molecule has 0 fully saturated rings. The van der Waals surface area contributed by atoms with Gasteiger partial charge in [-0.2, -0.15) is 0 Å². The van der Waals surface area contributed by atoms with E-state index in [1.807, 2.05) is 12.1 Å². The zero-order valence-electron chi connectivity index (χ0n) is 12.9. The van der Waals surface area contributed by atoms with Crippen molar-refractivity contribution in [1.82, 2.24) is 0 Å². The molecule has 0 spiro atoms. The standard InChI is InChI=1S/C16H17NO4.BH4.Na/c1-16(2,17(19)20)11-12-3-7-14(8-4-12)21-15-9-5-13(18)6-10-15;;/h3-10,18H,11H2,1-2H3;1H4;/q;-1;+1. The summed E-state index contributed by atoms with van der Waals surface area (Å²) in [6.07, 6.45) is 0.361. The van der Waals surface area contributed by atoms with Gasteiger partial charge < -0.3 is 9.84 Å². The van der Waals surface area contributed by atoms with Crippen molar-refractivity contribution in [3.8, 4) is 17.2 Å². The van der Waals surface area contributed by atoms with Crippen LogP contribution in [0.5, 0.6) is 17.2 Å². The molecule has 5 nitrogen and oxygen atoms in total. The molecule has 2 aromatic rings. The largest absolute Gasteiger partial charge is 1.00 e. The Kier molecular flexibility index (Phi) is 8.38. The maximum absolute atomic E-state index is 10.9. The molecular weight excluding hydrogens is 304 g/mol. The monoisotopic (exact) mass is 325 g/mol. The average molecular weight is 325 g/mol. The third-order valence-corrected chi connectivity index (χ3v) is 3.13. The first-order chi connectivity index (χ1) is 9.87. The van der Waals surface area contributed by atoms with Gasteiger partial charge in [-0.15, -0.1) is 0 Å². The second-order valence-electron chi connectivity index (χ2n) is 5.49. The molecule has 0 radical (unpaired) electrons. The molecule has 0 bridgehead atoms. The number of nitro groups is 1. The predicted molar refractivity (Wildman–Crippen MR) is 90.7 cm³/mol. The van der Waals surface area contributed by atoms with E-state index in [1.54, 1.807) is 50.2 Å². The zero-order chi connectivity index (χ0) is 15.5. The SMILES string of the molecule is CC(C)(Cc1ccc(Oc2ccc(O)cc2)cc1)[N+](=O)[O-].[BH4-].[Na+]. The molecule has 0 atom stereocenters. The predicted octanol–water partition coefficient (Wildman–Crippen LogP) is -0.665. The summed E-state index contributed by atoms with van der Waals surface area (Å²) in [6, 6.07) is 13.6. The van der Waals surface area contributed by atoms with Crippen molar-refractivity contribution in [1.29, 1.82) is 0 Å². The van der Waals surface area contributed by atoms with Crippen molar-refractivity contribution < 1.29 is 44.3 Å². The molecule has 2 rings (SSSR count). The number of phenolic OH excluding ortho intramolecular Hbond substituents is 1. The Morgan fingerprint density at radius 2 is 1.48 bits per heavy atom. The number of benzene rings is 2. The maximum atomic E-state index is 10.9. The fourth-order valence-electron chi connectivity index (χ4n) is 1.89. The second kappa shape index (κ2) is 8.96. The number of ether oxygens (including phenoxy) is 1. The van der Waals surface area contributed by atoms with Gasteiger partial charge in [-0.3, -0.25) is 10.1 Å². The maximum Gasteiger partial charge on any atom is 1.00 e. The Morgan fingerprint density at radius 3 is 1.91 bits per heavy atom. The van der Waals surface area contributed by atoms with Crippen molar-refractivity contribution >= 4 is 8.41 Å². The van der Waals surface area contributed by atoms with Crippen LogP contribution in [0.3, 0.4) is 0 Å². The van der Waals surface area contributed by atoms with Crippen molar-refractivity contribution in [2.45, 2.75) is 25.8 Å². The first kappa shape index (κ1) is 21.5. The molecule has 118 valence electrons. The van der Waals surface area contributed by atoms with Crippen LogP contribution < -0.4 is 34.3 Å². The van der Waals surface area contributed by atoms with Crippen molar-refractivity contribution in [3.05, 3.63) is 64.2 Å². The molecule has 0 aliphatic heterocycles. The molecule has 0 aromatic heterocycles. The Balaban J connectivity index is 0.00000242. The number of nitrogens with zero attached hydrogens (tertiary/aromatic N) is 1. The minimum Gasteiger partial charge on any atom is -0.508 e. The summed E-state index contributed by atoms with van der Waals surface area (Å²) in [6.45, 7) is 3.21. The molecule has 0 unspecified atom stereocenters. The average Bonchev–Trinajstić information content (AvgIpc) is 2.43. The van der Waals surface area contributed by atoms with E-state index in [9.17, 15) is 15.2 Å². The van der Waals surface area contributed by atoms with E-state index in [1.165, 1.54) is 0 Å². The van der Waals surface area contributed by atoms with Crippen LogP contribution in [-0.2, 0) is 6.42 Å². The number of hydrogen-bond acceptors (Lipinski definition) is 4. The van der Waals surface area contributed by atoms with E-state index in [-0.39, 0.29) is 48.6 Å². The van der Waals surface area contributed by atoms with Crippen LogP contribution in [0.2, 0.25) is 0 Å². The van der Waals surface area contributed by atoms with Crippen LogP contribution in [0, 0.1) is 10.1 Å². The van der Waals surface area contributed by atoms with E-state index in [4.69, 9.17) is 4.74 Å². The van der Waals surface area contributed by atoms with Gasteiger partial charge in [0.1, 0.15) is 17.2 Å². The first-order valence-electron chi connectivity index (χ1n) is 6.57. The summed E-state index contributed by atoms with van der Waals surface area (Å²) in [4.78, 5) is 10.7. The molecule has 7 heteroatoms. The van der Waals surface area contributed by atoms with E-state index in [0.717, 1.165) is 5.56 Å².